The third-order valence-electron chi connectivity index (χ3n) is 4.39. The van der Waals surface area contributed by atoms with Crippen molar-refractivity contribution in [2.45, 2.75) is 20.0 Å². The quantitative estimate of drug-likeness (QED) is 0.273. The van der Waals surface area contributed by atoms with Gasteiger partial charge in [-0.3, -0.25) is 4.79 Å². The molecule has 0 aliphatic rings. The van der Waals surface area contributed by atoms with Gasteiger partial charge in [-0.05, 0) is 49.7 Å². The molecule has 1 atom stereocenters. The van der Waals surface area contributed by atoms with Gasteiger partial charge in [-0.15, -0.1) is 0 Å². The zero-order valence-electron chi connectivity index (χ0n) is 16.5. The number of ether oxygens (including phenoxy) is 2. The minimum Gasteiger partial charge on any atom is -0.497 e. The van der Waals surface area contributed by atoms with Crippen LogP contribution in [0.15, 0.2) is 53.7 Å². The van der Waals surface area contributed by atoms with E-state index in [1.807, 2.05) is 31.2 Å². The van der Waals surface area contributed by atoms with Gasteiger partial charge in [-0.2, -0.15) is 0 Å². The highest BCUT2D eigenvalue weighted by molar-refractivity contribution is 6.11. The Labute approximate surface area is 168 Å². The zero-order chi connectivity index (χ0) is 20.8. The highest BCUT2D eigenvalue weighted by Gasteiger charge is 2.24. The van der Waals surface area contributed by atoms with Gasteiger partial charge >= 0.3 is 5.97 Å². The number of hydrogen-bond acceptors (Lipinski definition) is 6. The summed E-state index contributed by atoms with van der Waals surface area (Å²) < 4.78 is 10.3. The first kappa shape index (κ1) is 20.1. The first-order valence-electron chi connectivity index (χ1n) is 9.10. The molecule has 0 saturated heterocycles. The highest BCUT2D eigenvalue weighted by Crippen LogP contribution is 2.23. The summed E-state index contributed by atoms with van der Waals surface area (Å²) in [6, 6.07) is 14.7. The average molecular weight is 394 g/mol. The van der Waals surface area contributed by atoms with Gasteiger partial charge < -0.3 is 19.3 Å². The van der Waals surface area contributed by atoms with Crippen molar-refractivity contribution in [1.82, 2.24) is 4.98 Å². The van der Waals surface area contributed by atoms with Crippen LogP contribution < -0.4 is 4.74 Å². The maximum Gasteiger partial charge on any atom is 0.347 e. The second kappa shape index (κ2) is 9.05. The lowest BCUT2D eigenvalue weighted by atomic mass is 10.0. The number of nitrogens with zero attached hydrogens (tertiary/aromatic N) is 1. The number of esters is 1. The highest BCUT2D eigenvalue weighted by atomic mass is 16.7. The van der Waals surface area contributed by atoms with Gasteiger partial charge in [0.25, 0.3) is 0 Å². The van der Waals surface area contributed by atoms with Crippen molar-refractivity contribution in [3.8, 4) is 5.75 Å². The van der Waals surface area contributed by atoms with Crippen molar-refractivity contribution < 1.29 is 23.9 Å². The second-order valence-corrected chi connectivity index (χ2v) is 6.45. The molecular formula is C22H22N2O5. The predicted octanol–water partition coefficient (Wildman–Crippen LogP) is 3.65. The fraction of sp³-hybridized carbons (Fsp3) is 0.227. The number of carbonyl (C=O) groups is 2. The van der Waals surface area contributed by atoms with E-state index in [1.54, 1.807) is 38.3 Å². The molecule has 150 valence electrons. The molecule has 0 amide bonds. The number of rotatable bonds is 8. The number of aromatic nitrogens is 1. The monoisotopic (exact) mass is 394 g/mol. The van der Waals surface area contributed by atoms with E-state index in [4.69, 9.17) is 14.3 Å². The standard InChI is InChI=1S/C22H22N2O5/c1-14-21(18-6-4-5-7-19(18)24-14)22(26)15(2)29-20(25)13-28-23-12-16-8-10-17(27-3)11-9-16/h4-12,15,24H,13H2,1-3H3/b23-12-/t15-/m1/s1. The number of benzene rings is 2. The third-order valence-corrected chi connectivity index (χ3v) is 4.39. The number of aromatic amines is 1. The van der Waals surface area contributed by atoms with Crippen LogP contribution in [0.25, 0.3) is 10.9 Å². The molecule has 0 unspecified atom stereocenters. The molecular weight excluding hydrogens is 372 g/mol. The van der Waals surface area contributed by atoms with E-state index >= 15 is 0 Å². The smallest absolute Gasteiger partial charge is 0.347 e. The van der Waals surface area contributed by atoms with Gasteiger partial charge in [-0.25, -0.2) is 4.79 Å². The van der Waals surface area contributed by atoms with E-state index in [0.29, 0.717) is 5.56 Å². The van der Waals surface area contributed by atoms with Crippen LogP contribution in [0.4, 0.5) is 0 Å². The van der Waals surface area contributed by atoms with Gasteiger partial charge in [0.05, 0.1) is 13.3 Å². The topological polar surface area (TPSA) is 90.0 Å². The summed E-state index contributed by atoms with van der Waals surface area (Å²) in [6.45, 7) is 2.97. The molecule has 1 heterocycles. The number of fused-ring (bicyclic) bond motifs is 1. The Bertz CT molecular complexity index is 1040. The van der Waals surface area contributed by atoms with Crippen LogP contribution in [-0.4, -0.2) is 42.8 Å². The Morgan fingerprint density at radius 3 is 2.59 bits per heavy atom. The average Bonchev–Trinajstić information content (AvgIpc) is 3.06. The molecule has 0 saturated carbocycles. The molecule has 1 N–H and O–H groups in total. The number of ketones is 1. The van der Waals surface area contributed by atoms with Crippen molar-refractivity contribution in [2.24, 2.45) is 5.16 Å². The summed E-state index contributed by atoms with van der Waals surface area (Å²) in [7, 11) is 1.59. The lowest BCUT2D eigenvalue weighted by Gasteiger charge is -2.12. The molecule has 7 heteroatoms. The summed E-state index contributed by atoms with van der Waals surface area (Å²) >= 11 is 0. The number of Topliss-reactive ketones (excluding diaryl/α,β-unsaturated/α-hetero) is 1. The number of H-pyrrole nitrogens is 1. The van der Waals surface area contributed by atoms with Gasteiger partial charge in [0.15, 0.2) is 6.10 Å². The van der Waals surface area contributed by atoms with Crippen LogP contribution in [-0.2, 0) is 14.4 Å². The molecule has 7 nitrogen and oxygen atoms in total. The SMILES string of the molecule is COc1ccc(/C=N\OCC(=O)O[C@H](C)C(=O)c2c(C)[nH]c3ccccc23)cc1. The van der Waals surface area contributed by atoms with E-state index in [2.05, 4.69) is 10.1 Å². The van der Waals surface area contributed by atoms with Gasteiger partial charge in [0.2, 0.25) is 12.4 Å². The number of carbonyl (C=O) groups excluding carboxylic acids is 2. The summed E-state index contributed by atoms with van der Waals surface area (Å²) in [4.78, 5) is 32.9. The number of oxime groups is 1. The molecule has 2 aromatic carbocycles. The maximum absolute atomic E-state index is 12.8. The summed E-state index contributed by atoms with van der Waals surface area (Å²) in [5, 5.41) is 4.54. The van der Waals surface area contributed by atoms with Crippen molar-refractivity contribution in [1.29, 1.82) is 0 Å². The van der Waals surface area contributed by atoms with Crippen LogP contribution in [0, 0.1) is 6.92 Å². The summed E-state index contributed by atoms with van der Waals surface area (Å²) in [5.74, 6) is -0.207. The largest absolute Gasteiger partial charge is 0.497 e. The van der Waals surface area contributed by atoms with E-state index < -0.39 is 18.7 Å². The first-order valence-corrected chi connectivity index (χ1v) is 9.10. The molecule has 0 aliphatic heterocycles. The second-order valence-electron chi connectivity index (χ2n) is 6.45. The van der Waals surface area contributed by atoms with E-state index in [-0.39, 0.29) is 5.78 Å². The third kappa shape index (κ3) is 4.82. The van der Waals surface area contributed by atoms with Gasteiger partial charge in [0, 0.05) is 22.2 Å². The summed E-state index contributed by atoms with van der Waals surface area (Å²) in [5.41, 5.74) is 2.92. The molecule has 0 bridgehead atoms. The minimum absolute atomic E-state index is 0.268. The molecule has 3 rings (SSSR count). The number of para-hydroxylation sites is 1. The van der Waals surface area contributed by atoms with Gasteiger partial charge in [-0.1, -0.05) is 23.4 Å². The van der Waals surface area contributed by atoms with Crippen LogP contribution in [0.2, 0.25) is 0 Å². The van der Waals surface area contributed by atoms with E-state index in [1.165, 1.54) is 6.21 Å². The van der Waals surface area contributed by atoms with Crippen LogP contribution in [0.3, 0.4) is 0 Å². The molecule has 0 aliphatic carbocycles. The van der Waals surface area contributed by atoms with Crippen molar-refractivity contribution in [3.63, 3.8) is 0 Å². The predicted molar refractivity (Wildman–Crippen MR) is 109 cm³/mol. The Balaban J connectivity index is 1.53. The Morgan fingerprint density at radius 1 is 1.14 bits per heavy atom. The molecule has 1 aromatic heterocycles. The van der Waals surface area contributed by atoms with Crippen LogP contribution in [0.1, 0.15) is 28.5 Å². The molecule has 0 radical (unpaired) electrons. The van der Waals surface area contributed by atoms with Crippen LogP contribution in [0.5, 0.6) is 5.75 Å². The molecule has 0 spiro atoms. The lowest BCUT2D eigenvalue weighted by Crippen LogP contribution is -2.26. The van der Waals surface area contributed by atoms with Crippen molar-refractivity contribution >= 4 is 28.9 Å². The van der Waals surface area contributed by atoms with E-state index in [9.17, 15) is 9.59 Å². The number of hydrogen-bond donors (Lipinski definition) is 1. The number of methoxy groups -OCH3 is 1. The molecule has 0 fully saturated rings. The Hall–Kier alpha value is -3.61. The fourth-order valence-corrected chi connectivity index (χ4v) is 2.96. The fourth-order valence-electron chi connectivity index (χ4n) is 2.96. The van der Waals surface area contributed by atoms with Gasteiger partial charge in [0.1, 0.15) is 5.75 Å². The zero-order valence-corrected chi connectivity index (χ0v) is 16.5. The maximum atomic E-state index is 12.8. The minimum atomic E-state index is -0.936. The Kier molecular flexibility index (Phi) is 6.29. The molecule has 3 aromatic rings. The van der Waals surface area contributed by atoms with Crippen molar-refractivity contribution in [2.75, 3.05) is 13.7 Å². The summed E-state index contributed by atoms with van der Waals surface area (Å²) in [6.07, 6.45) is 0.533. The number of nitrogens with one attached hydrogen (secondary N) is 1. The Morgan fingerprint density at radius 2 is 1.86 bits per heavy atom. The van der Waals surface area contributed by atoms with Crippen LogP contribution >= 0.6 is 0 Å². The molecule has 29 heavy (non-hydrogen) atoms. The van der Waals surface area contributed by atoms with E-state index in [0.717, 1.165) is 27.9 Å². The lowest BCUT2D eigenvalue weighted by molar-refractivity contribution is -0.151. The number of aryl methyl sites for hydroxylation is 1. The van der Waals surface area contributed by atoms with Crippen molar-refractivity contribution in [3.05, 3.63) is 65.4 Å². The normalized spacial score (nSPS) is 12.1. The first-order chi connectivity index (χ1) is 14.0.